The minimum absolute atomic E-state index is 0.247. The summed E-state index contributed by atoms with van der Waals surface area (Å²) in [4.78, 5) is 0. The Morgan fingerprint density at radius 1 is 1.04 bits per heavy atom. The van der Waals surface area contributed by atoms with Crippen molar-refractivity contribution in [2.24, 2.45) is 0 Å². The Hall–Kier alpha value is -3.25. The first kappa shape index (κ1) is 17.2. The van der Waals surface area contributed by atoms with E-state index in [0.717, 1.165) is 28.1 Å². The van der Waals surface area contributed by atoms with Gasteiger partial charge in [-0.3, -0.25) is 5.10 Å². The normalized spacial score (nSPS) is 11.0. The van der Waals surface area contributed by atoms with E-state index in [4.69, 9.17) is 0 Å². The molecule has 2 heterocycles. The largest absolute Gasteiger partial charge is 0.308 e. The van der Waals surface area contributed by atoms with Gasteiger partial charge in [0.15, 0.2) is 0 Å². The predicted octanol–water partition coefficient (Wildman–Crippen LogP) is 4.00. The summed E-state index contributed by atoms with van der Waals surface area (Å²) in [5.74, 6) is -0.247. The molecule has 4 rings (SSSR count). The van der Waals surface area contributed by atoms with Crippen molar-refractivity contribution in [1.82, 2.24) is 25.3 Å². The molecule has 0 aliphatic rings. The zero-order valence-corrected chi connectivity index (χ0v) is 15.0. The Balaban J connectivity index is 1.41. The van der Waals surface area contributed by atoms with Gasteiger partial charge in [-0.25, -0.2) is 9.07 Å². The first-order valence-corrected chi connectivity index (χ1v) is 8.79. The highest BCUT2D eigenvalue weighted by atomic mass is 19.1. The summed E-state index contributed by atoms with van der Waals surface area (Å²) in [6, 6.07) is 14.6. The van der Waals surface area contributed by atoms with Crippen LogP contribution in [-0.2, 0) is 13.1 Å². The number of aryl methyl sites for hydroxylation is 1. The van der Waals surface area contributed by atoms with Crippen molar-refractivity contribution in [2.45, 2.75) is 20.0 Å². The lowest BCUT2D eigenvalue weighted by atomic mass is 10.1. The minimum Gasteiger partial charge on any atom is -0.308 e. The number of aromatic amines is 1. The third-order valence-electron chi connectivity index (χ3n) is 4.49. The molecule has 0 spiro atoms. The van der Waals surface area contributed by atoms with Crippen LogP contribution in [0.2, 0.25) is 0 Å². The van der Waals surface area contributed by atoms with Gasteiger partial charge in [-0.2, -0.15) is 10.2 Å². The van der Waals surface area contributed by atoms with E-state index in [9.17, 15) is 4.39 Å². The third-order valence-corrected chi connectivity index (χ3v) is 4.49. The minimum atomic E-state index is -0.247. The second-order valence-electron chi connectivity index (χ2n) is 6.46. The van der Waals surface area contributed by atoms with Gasteiger partial charge < -0.3 is 5.32 Å². The maximum atomic E-state index is 13.1. The summed E-state index contributed by atoms with van der Waals surface area (Å²) in [7, 11) is 0. The Morgan fingerprint density at radius 3 is 2.67 bits per heavy atom. The molecule has 2 aromatic carbocycles. The molecule has 0 atom stereocenters. The van der Waals surface area contributed by atoms with Crippen LogP contribution in [0.15, 0.2) is 67.1 Å². The molecule has 0 aliphatic heterocycles. The van der Waals surface area contributed by atoms with Crippen molar-refractivity contribution in [3.05, 3.63) is 89.6 Å². The average Bonchev–Trinajstić information content (AvgIpc) is 3.33. The van der Waals surface area contributed by atoms with E-state index in [1.807, 2.05) is 29.2 Å². The lowest BCUT2D eigenvalue weighted by molar-refractivity contribution is 0.628. The van der Waals surface area contributed by atoms with Gasteiger partial charge in [-0.15, -0.1) is 0 Å². The van der Waals surface area contributed by atoms with Crippen LogP contribution in [0.5, 0.6) is 0 Å². The first-order valence-electron chi connectivity index (χ1n) is 8.79. The van der Waals surface area contributed by atoms with Crippen molar-refractivity contribution < 1.29 is 4.39 Å². The van der Waals surface area contributed by atoms with Gasteiger partial charge in [-0.05, 0) is 42.8 Å². The molecular formula is C21H20FN5. The monoisotopic (exact) mass is 361 g/mol. The second kappa shape index (κ2) is 7.55. The highest BCUT2D eigenvalue weighted by molar-refractivity contribution is 5.62. The van der Waals surface area contributed by atoms with Crippen LogP contribution in [0.25, 0.3) is 16.9 Å². The maximum absolute atomic E-state index is 13.1. The second-order valence-corrected chi connectivity index (χ2v) is 6.46. The summed E-state index contributed by atoms with van der Waals surface area (Å²) < 4.78 is 15.0. The molecule has 0 bridgehead atoms. The Kier molecular flexibility index (Phi) is 4.80. The average molecular weight is 361 g/mol. The van der Waals surface area contributed by atoms with Gasteiger partial charge in [0.05, 0.1) is 23.8 Å². The summed E-state index contributed by atoms with van der Waals surface area (Å²) in [5, 5.41) is 15.0. The van der Waals surface area contributed by atoms with Crippen LogP contribution in [0, 0.1) is 12.7 Å². The SMILES string of the molecule is Cc1ccccc1-n1cc(CNCc2cn[nH]c2-c2ccc(F)cc2)cn1. The zero-order chi connectivity index (χ0) is 18.6. The van der Waals surface area contributed by atoms with E-state index in [2.05, 4.69) is 39.7 Å². The molecule has 0 fully saturated rings. The fourth-order valence-electron chi connectivity index (χ4n) is 3.06. The fourth-order valence-corrected chi connectivity index (χ4v) is 3.06. The molecule has 0 saturated carbocycles. The quantitative estimate of drug-likeness (QED) is 0.546. The Bertz CT molecular complexity index is 1030. The molecule has 4 aromatic rings. The van der Waals surface area contributed by atoms with Gasteiger partial charge in [0, 0.05) is 36.0 Å². The van der Waals surface area contributed by atoms with Gasteiger partial charge in [0.1, 0.15) is 5.82 Å². The highest BCUT2D eigenvalue weighted by Crippen LogP contribution is 2.21. The summed E-state index contributed by atoms with van der Waals surface area (Å²) >= 11 is 0. The van der Waals surface area contributed by atoms with Crippen molar-refractivity contribution in [1.29, 1.82) is 0 Å². The number of nitrogens with zero attached hydrogens (tertiary/aromatic N) is 3. The van der Waals surface area contributed by atoms with E-state index >= 15 is 0 Å². The van der Waals surface area contributed by atoms with E-state index in [1.165, 1.54) is 17.7 Å². The fraction of sp³-hybridized carbons (Fsp3) is 0.143. The van der Waals surface area contributed by atoms with Crippen LogP contribution in [0.3, 0.4) is 0 Å². The van der Waals surface area contributed by atoms with E-state index < -0.39 is 0 Å². The van der Waals surface area contributed by atoms with Crippen molar-refractivity contribution in [2.75, 3.05) is 0 Å². The van der Waals surface area contributed by atoms with Crippen LogP contribution >= 0.6 is 0 Å². The van der Waals surface area contributed by atoms with Crippen molar-refractivity contribution in [3.8, 4) is 16.9 Å². The molecule has 27 heavy (non-hydrogen) atoms. The highest BCUT2D eigenvalue weighted by Gasteiger charge is 2.08. The van der Waals surface area contributed by atoms with Crippen molar-refractivity contribution >= 4 is 0 Å². The van der Waals surface area contributed by atoms with E-state index in [-0.39, 0.29) is 5.82 Å². The van der Waals surface area contributed by atoms with Crippen LogP contribution in [-0.4, -0.2) is 20.0 Å². The summed E-state index contributed by atoms with van der Waals surface area (Å²) in [6.07, 6.45) is 5.70. The van der Waals surface area contributed by atoms with Gasteiger partial charge >= 0.3 is 0 Å². The topological polar surface area (TPSA) is 58.5 Å². The standard InChI is InChI=1S/C21H20FN5/c1-15-4-2-3-5-20(15)27-14-16(11-25-27)10-23-12-18-13-24-26-21(18)17-6-8-19(22)9-7-17/h2-9,11,13-14,23H,10,12H2,1H3,(H,24,26). The summed E-state index contributed by atoms with van der Waals surface area (Å²) in [6.45, 7) is 3.42. The first-order chi connectivity index (χ1) is 13.2. The molecule has 0 aliphatic carbocycles. The number of hydrogen-bond donors (Lipinski definition) is 2. The van der Waals surface area contributed by atoms with Crippen molar-refractivity contribution in [3.63, 3.8) is 0 Å². The molecule has 0 amide bonds. The molecular weight excluding hydrogens is 341 g/mol. The Morgan fingerprint density at radius 2 is 1.85 bits per heavy atom. The lowest BCUT2D eigenvalue weighted by Gasteiger charge is -2.06. The molecule has 0 radical (unpaired) electrons. The molecule has 0 unspecified atom stereocenters. The molecule has 6 heteroatoms. The number of para-hydroxylation sites is 1. The predicted molar refractivity (Wildman–Crippen MR) is 103 cm³/mol. The Labute approximate surface area is 156 Å². The van der Waals surface area contributed by atoms with Gasteiger partial charge in [0.25, 0.3) is 0 Å². The van der Waals surface area contributed by atoms with Crippen LogP contribution in [0.4, 0.5) is 4.39 Å². The molecule has 2 N–H and O–H groups in total. The number of benzene rings is 2. The number of hydrogen-bond acceptors (Lipinski definition) is 3. The molecule has 5 nitrogen and oxygen atoms in total. The number of halogens is 1. The lowest BCUT2D eigenvalue weighted by Crippen LogP contribution is -2.12. The maximum Gasteiger partial charge on any atom is 0.123 e. The number of rotatable bonds is 6. The van der Waals surface area contributed by atoms with Crippen LogP contribution in [0.1, 0.15) is 16.7 Å². The molecule has 0 saturated heterocycles. The summed E-state index contributed by atoms with van der Waals surface area (Å²) in [5.41, 5.74) is 6.22. The zero-order valence-electron chi connectivity index (χ0n) is 15.0. The van der Waals surface area contributed by atoms with Gasteiger partial charge in [-0.1, -0.05) is 18.2 Å². The van der Waals surface area contributed by atoms with E-state index in [0.29, 0.717) is 13.1 Å². The third kappa shape index (κ3) is 3.80. The number of nitrogens with one attached hydrogen (secondary N) is 2. The molecule has 2 aromatic heterocycles. The smallest absolute Gasteiger partial charge is 0.123 e. The van der Waals surface area contributed by atoms with Crippen LogP contribution < -0.4 is 5.32 Å². The number of H-pyrrole nitrogens is 1. The van der Waals surface area contributed by atoms with Gasteiger partial charge in [0.2, 0.25) is 0 Å². The van der Waals surface area contributed by atoms with E-state index in [1.54, 1.807) is 18.3 Å². The molecule has 136 valence electrons. The number of aromatic nitrogens is 4.